The molecule has 4 nitrogen and oxygen atoms in total. The molecule has 0 unspecified atom stereocenters. The first-order valence-electron chi connectivity index (χ1n) is 9.81. The van der Waals surface area contributed by atoms with Crippen LogP contribution in [0.2, 0.25) is 0 Å². The Morgan fingerprint density at radius 1 is 0.964 bits per heavy atom. The van der Waals surface area contributed by atoms with Crippen LogP contribution in [0.25, 0.3) is 0 Å². The van der Waals surface area contributed by atoms with Crippen LogP contribution in [0.1, 0.15) is 22.3 Å². The lowest BCUT2D eigenvalue weighted by Crippen LogP contribution is -2.49. The highest BCUT2D eigenvalue weighted by Gasteiger charge is 2.35. The molecular formula is C21H24Cl2N4S. The SMILES string of the molecule is ClS1(Cl)N=C(N2CCN(CCc3ccc4c(c3)CNC4)CC2)c2ccccc21. The molecular weight excluding hydrogens is 411 g/mol. The maximum atomic E-state index is 6.52. The molecule has 28 heavy (non-hydrogen) atoms. The summed E-state index contributed by atoms with van der Waals surface area (Å²) in [6.07, 6.45) is 1.10. The fraction of sp³-hybridized carbons (Fsp3) is 0.381. The van der Waals surface area contributed by atoms with Gasteiger partial charge in [-0.1, -0.05) is 36.4 Å². The van der Waals surface area contributed by atoms with Crippen molar-refractivity contribution in [3.63, 3.8) is 0 Å². The van der Waals surface area contributed by atoms with Crippen LogP contribution in [0.15, 0.2) is 51.8 Å². The highest BCUT2D eigenvalue weighted by atomic mass is 36.0. The summed E-state index contributed by atoms with van der Waals surface area (Å²) in [4.78, 5) is 5.86. The maximum Gasteiger partial charge on any atom is 0.146 e. The zero-order valence-corrected chi connectivity index (χ0v) is 18.0. The van der Waals surface area contributed by atoms with Gasteiger partial charge in [-0.05, 0) is 50.5 Å². The standard InChI is InChI=1S/C21H24Cl2N4S/c22-28(23)20-4-2-1-3-19(20)21(25-28)27-11-9-26(10-12-27)8-7-16-5-6-17-14-24-15-18(17)13-16/h1-6,13,24H,7-12,14-15H2. The maximum absolute atomic E-state index is 6.52. The molecule has 0 spiro atoms. The molecule has 7 heteroatoms. The third kappa shape index (κ3) is 3.55. The van der Waals surface area contributed by atoms with Gasteiger partial charge >= 0.3 is 0 Å². The lowest BCUT2D eigenvalue weighted by Gasteiger charge is -2.36. The monoisotopic (exact) mass is 434 g/mol. The molecule has 5 rings (SSSR count). The minimum Gasteiger partial charge on any atom is -0.353 e. The van der Waals surface area contributed by atoms with Gasteiger partial charge in [0.1, 0.15) is 5.84 Å². The van der Waals surface area contributed by atoms with Crippen molar-refractivity contribution in [1.29, 1.82) is 0 Å². The molecule has 0 saturated carbocycles. The van der Waals surface area contributed by atoms with E-state index in [4.69, 9.17) is 25.8 Å². The second-order valence-electron chi connectivity index (χ2n) is 7.64. The smallest absolute Gasteiger partial charge is 0.146 e. The summed E-state index contributed by atoms with van der Waals surface area (Å²) in [6, 6.07) is 15.0. The third-order valence-corrected chi connectivity index (χ3v) is 8.58. The van der Waals surface area contributed by atoms with E-state index >= 15 is 0 Å². The minimum atomic E-state index is -2.10. The highest BCUT2D eigenvalue weighted by molar-refractivity contribution is 8.65. The van der Waals surface area contributed by atoms with E-state index in [1.807, 2.05) is 18.2 Å². The van der Waals surface area contributed by atoms with Crippen LogP contribution >= 0.6 is 30.0 Å². The number of nitrogens with zero attached hydrogens (tertiary/aromatic N) is 3. The first kappa shape index (κ1) is 18.8. The Morgan fingerprint density at radius 2 is 1.75 bits per heavy atom. The van der Waals surface area contributed by atoms with Gasteiger partial charge in [0, 0.05) is 64.9 Å². The van der Waals surface area contributed by atoms with Crippen molar-refractivity contribution in [3.8, 4) is 0 Å². The van der Waals surface area contributed by atoms with E-state index in [0.717, 1.165) is 68.5 Å². The number of fused-ring (bicyclic) bond motifs is 2. The fourth-order valence-electron chi connectivity index (χ4n) is 4.27. The summed E-state index contributed by atoms with van der Waals surface area (Å²) in [5.41, 5.74) is 5.46. The van der Waals surface area contributed by atoms with Crippen LogP contribution in [-0.2, 0) is 19.5 Å². The Kier molecular flexibility index (Phi) is 5.06. The summed E-state index contributed by atoms with van der Waals surface area (Å²) in [5.74, 6) is 0.973. The van der Waals surface area contributed by atoms with Gasteiger partial charge in [0.2, 0.25) is 0 Å². The lowest BCUT2D eigenvalue weighted by molar-refractivity contribution is 0.184. The van der Waals surface area contributed by atoms with Gasteiger partial charge in [-0.2, -0.15) is 4.40 Å². The summed E-state index contributed by atoms with van der Waals surface area (Å²) in [7, 11) is 10.9. The average molecular weight is 435 g/mol. The first-order valence-corrected chi connectivity index (χ1v) is 13.0. The van der Waals surface area contributed by atoms with Crippen molar-refractivity contribution in [3.05, 3.63) is 64.7 Å². The van der Waals surface area contributed by atoms with Crippen LogP contribution in [0.4, 0.5) is 0 Å². The number of amidine groups is 1. The Bertz CT molecular complexity index is 922. The van der Waals surface area contributed by atoms with E-state index < -0.39 is 8.64 Å². The predicted octanol–water partition coefficient (Wildman–Crippen LogP) is 4.30. The molecule has 0 aromatic heterocycles. The first-order chi connectivity index (χ1) is 13.6. The number of rotatable bonds is 3. The highest BCUT2D eigenvalue weighted by Crippen LogP contribution is 2.70. The molecule has 1 saturated heterocycles. The topological polar surface area (TPSA) is 30.9 Å². The average Bonchev–Trinajstić information content (AvgIpc) is 3.29. The van der Waals surface area contributed by atoms with Gasteiger partial charge in [0.15, 0.2) is 0 Å². The van der Waals surface area contributed by atoms with Crippen LogP contribution in [-0.4, -0.2) is 48.4 Å². The van der Waals surface area contributed by atoms with Crippen LogP contribution < -0.4 is 5.32 Å². The van der Waals surface area contributed by atoms with Gasteiger partial charge in [0.05, 0.1) is 0 Å². The summed E-state index contributed by atoms with van der Waals surface area (Å²) >= 11 is 0. The normalized spacial score (nSPS) is 21.9. The van der Waals surface area contributed by atoms with Crippen molar-refractivity contribution in [2.24, 2.45) is 4.40 Å². The second kappa shape index (κ2) is 7.54. The van der Waals surface area contributed by atoms with Crippen LogP contribution in [0.3, 0.4) is 0 Å². The quantitative estimate of drug-likeness (QED) is 0.780. The van der Waals surface area contributed by atoms with Crippen molar-refractivity contribution in [2.75, 3.05) is 32.7 Å². The Balaban J connectivity index is 1.19. The number of hydrogen-bond donors (Lipinski definition) is 1. The summed E-state index contributed by atoms with van der Waals surface area (Å²) < 4.78 is 4.70. The molecule has 3 aliphatic heterocycles. The van der Waals surface area contributed by atoms with Crippen molar-refractivity contribution in [1.82, 2.24) is 15.1 Å². The molecule has 0 aliphatic carbocycles. The fourth-order valence-corrected chi connectivity index (χ4v) is 6.67. The van der Waals surface area contributed by atoms with E-state index in [1.165, 1.54) is 16.7 Å². The minimum absolute atomic E-state index is 0.963. The zero-order chi connectivity index (χ0) is 19.1. The van der Waals surface area contributed by atoms with Crippen LogP contribution in [0.5, 0.6) is 0 Å². The lowest BCUT2D eigenvalue weighted by atomic mass is 10.0. The molecule has 2 aromatic rings. The van der Waals surface area contributed by atoms with Gasteiger partial charge in [-0.3, -0.25) is 4.90 Å². The molecule has 3 heterocycles. The van der Waals surface area contributed by atoms with Gasteiger partial charge in [0.25, 0.3) is 0 Å². The Morgan fingerprint density at radius 3 is 2.61 bits per heavy atom. The van der Waals surface area contributed by atoms with Gasteiger partial charge < -0.3 is 10.2 Å². The Hall–Kier alpha value is -1.24. The number of nitrogens with one attached hydrogen (secondary N) is 1. The van der Waals surface area contributed by atoms with Crippen molar-refractivity contribution in [2.45, 2.75) is 24.4 Å². The van der Waals surface area contributed by atoms with Gasteiger partial charge in [-0.15, -0.1) is 0 Å². The van der Waals surface area contributed by atoms with Crippen molar-refractivity contribution < 1.29 is 0 Å². The third-order valence-electron chi connectivity index (χ3n) is 5.88. The van der Waals surface area contributed by atoms with E-state index in [1.54, 1.807) is 0 Å². The zero-order valence-electron chi connectivity index (χ0n) is 15.7. The van der Waals surface area contributed by atoms with E-state index in [-0.39, 0.29) is 0 Å². The molecule has 0 radical (unpaired) electrons. The number of halogens is 2. The Labute approximate surface area is 177 Å². The molecule has 1 N–H and O–H groups in total. The second-order valence-corrected chi connectivity index (χ2v) is 12.3. The number of hydrogen-bond acceptors (Lipinski definition) is 4. The van der Waals surface area contributed by atoms with Crippen molar-refractivity contribution >= 4 is 35.8 Å². The summed E-state index contributed by atoms with van der Waals surface area (Å²) in [6.45, 7) is 7.13. The summed E-state index contributed by atoms with van der Waals surface area (Å²) in [5, 5.41) is 3.42. The predicted molar refractivity (Wildman–Crippen MR) is 119 cm³/mol. The van der Waals surface area contributed by atoms with Gasteiger partial charge in [-0.25, -0.2) is 0 Å². The number of piperazine rings is 1. The molecule has 2 aromatic carbocycles. The largest absolute Gasteiger partial charge is 0.353 e. The molecule has 1 fully saturated rings. The molecule has 0 bridgehead atoms. The van der Waals surface area contributed by atoms with E-state index in [0.29, 0.717) is 0 Å². The number of benzene rings is 2. The molecule has 3 aliphatic rings. The van der Waals surface area contributed by atoms with E-state index in [2.05, 4.69) is 39.4 Å². The molecule has 148 valence electrons. The molecule has 0 amide bonds. The van der Waals surface area contributed by atoms with Crippen LogP contribution in [0, 0.1) is 0 Å². The molecule has 0 atom stereocenters. The van der Waals surface area contributed by atoms with E-state index in [9.17, 15) is 0 Å².